The summed E-state index contributed by atoms with van der Waals surface area (Å²) in [5.74, 6) is 0.134. The molecular weight excluding hydrogens is 467 g/mol. The molecule has 0 aliphatic rings. The molecule has 0 saturated heterocycles. The van der Waals surface area contributed by atoms with Crippen LogP contribution < -0.4 is 10.5 Å². The van der Waals surface area contributed by atoms with Crippen LogP contribution in [0.5, 0.6) is 0 Å². The molecule has 0 atom stereocenters. The summed E-state index contributed by atoms with van der Waals surface area (Å²) in [6.07, 6.45) is 5.08. The number of hydrogen-bond donors (Lipinski definition) is 0. The van der Waals surface area contributed by atoms with E-state index in [1.165, 1.54) is 23.0 Å². The summed E-state index contributed by atoms with van der Waals surface area (Å²) in [6.45, 7) is 5.63. The predicted octanol–water partition coefficient (Wildman–Crippen LogP) is 5.42. The van der Waals surface area contributed by atoms with Crippen LogP contribution >= 0.6 is 0 Å². The van der Waals surface area contributed by atoms with Crippen LogP contribution in [-0.4, -0.2) is 32.2 Å². The Kier molecular flexibility index (Phi) is 6.69. The number of halogens is 1. The van der Waals surface area contributed by atoms with Gasteiger partial charge in [0.15, 0.2) is 0 Å². The average Bonchev–Trinajstić information content (AvgIpc) is 3.26. The number of anilines is 1. The highest BCUT2D eigenvalue weighted by atomic mass is 19.1. The normalized spacial score (nSPS) is 11.2. The Bertz CT molecular complexity index is 1690. The van der Waals surface area contributed by atoms with E-state index in [1.807, 2.05) is 37.3 Å². The zero-order valence-corrected chi connectivity index (χ0v) is 20.9. The third-order valence-corrected chi connectivity index (χ3v) is 6.63. The zero-order chi connectivity index (χ0) is 25.9. The summed E-state index contributed by atoms with van der Waals surface area (Å²) in [7, 11) is 0. The summed E-state index contributed by atoms with van der Waals surface area (Å²) < 4.78 is 17.6. The molecule has 0 fully saturated rings. The lowest BCUT2D eigenvalue weighted by molar-refractivity contribution is 0.626. The van der Waals surface area contributed by atoms with Crippen LogP contribution in [0.15, 0.2) is 71.9 Å². The minimum absolute atomic E-state index is 0.210. The molecule has 5 aromatic rings. The molecule has 0 N–H and O–H groups in total. The molecule has 0 aliphatic carbocycles. The Morgan fingerprint density at radius 3 is 2.68 bits per heavy atom. The molecule has 37 heavy (non-hydrogen) atoms. The molecule has 2 aromatic carbocycles. The van der Waals surface area contributed by atoms with Gasteiger partial charge < -0.3 is 4.90 Å². The van der Waals surface area contributed by atoms with E-state index in [0.29, 0.717) is 35.7 Å². The molecular formula is C29H27FN6O. The molecule has 186 valence electrons. The first-order valence-electron chi connectivity index (χ1n) is 12.4. The number of fused-ring (bicyclic) bond motifs is 2. The number of rotatable bonds is 8. The van der Waals surface area contributed by atoms with E-state index in [4.69, 9.17) is 0 Å². The van der Waals surface area contributed by atoms with Crippen molar-refractivity contribution in [3.63, 3.8) is 0 Å². The maximum absolute atomic E-state index is 14.4. The van der Waals surface area contributed by atoms with Crippen molar-refractivity contribution in [2.45, 2.75) is 33.2 Å². The molecule has 3 aromatic heterocycles. The first-order valence-corrected chi connectivity index (χ1v) is 12.4. The van der Waals surface area contributed by atoms with Gasteiger partial charge in [-0.3, -0.25) is 18.9 Å². The van der Waals surface area contributed by atoms with Gasteiger partial charge in [0.05, 0.1) is 24.3 Å². The van der Waals surface area contributed by atoms with Crippen molar-refractivity contribution in [2.75, 3.05) is 18.0 Å². The van der Waals surface area contributed by atoms with Crippen LogP contribution in [0.25, 0.3) is 27.5 Å². The van der Waals surface area contributed by atoms with Crippen molar-refractivity contribution in [1.29, 1.82) is 5.26 Å². The summed E-state index contributed by atoms with van der Waals surface area (Å²) in [5, 5.41) is 12.2. The molecule has 0 aliphatic heterocycles. The largest absolute Gasteiger partial charge is 0.357 e. The second-order valence-corrected chi connectivity index (χ2v) is 8.91. The van der Waals surface area contributed by atoms with Crippen molar-refractivity contribution in [3.05, 3.63) is 94.5 Å². The van der Waals surface area contributed by atoms with Gasteiger partial charge in [0, 0.05) is 24.7 Å². The van der Waals surface area contributed by atoms with Gasteiger partial charge in [-0.2, -0.15) is 5.26 Å². The molecule has 8 heteroatoms. The second kappa shape index (κ2) is 10.2. The van der Waals surface area contributed by atoms with E-state index in [1.54, 1.807) is 22.9 Å². The van der Waals surface area contributed by atoms with Crippen LogP contribution in [0, 0.1) is 17.1 Å². The van der Waals surface area contributed by atoms with E-state index < -0.39 is 5.82 Å². The molecule has 0 spiro atoms. The summed E-state index contributed by atoms with van der Waals surface area (Å²) in [5.41, 5.74) is 1.75. The Hall–Kier alpha value is -4.51. The number of aromatic nitrogens is 4. The third-order valence-electron chi connectivity index (χ3n) is 6.63. The second-order valence-electron chi connectivity index (χ2n) is 8.91. The Labute approximate surface area is 214 Å². The van der Waals surface area contributed by atoms with Crippen molar-refractivity contribution >= 4 is 27.6 Å². The van der Waals surface area contributed by atoms with E-state index in [0.717, 1.165) is 29.3 Å². The van der Waals surface area contributed by atoms with Crippen molar-refractivity contribution in [2.24, 2.45) is 0 Å². The highest BCUT2D eigenvalue weighted by Crippen LogP contribution is 2.33. The lowest BCUT2D eigenvalue weighted by Crippen LogP contribution is -2.28. The van der Waals surface area contributed by atoms with Gasteiger partial charge in [-0.05, 0) is 43.0 Å². The molecule has 0 bridgehead atoms. The number of pyridine rings is 1. The minimum atomic E-state index is -0.426. The first-order chi connectivity index (χ1) is 18.1. The summed E-state index contributed by atoms with van der Waals surface area (Å²) in [6, 6.07) is 18.2. The van der Waals surface area contributed by atoms with Crippen LogP contribution in [0.3, 0.4) is 0 Å². The van der Waals surface area contributed by atoms with Gasteiger partial charge in [0.1, 0.15) is 34.3 Å². The van der Waals surface area contributed by atoms with Crippen LogP contribution in [0.4, 0.5) is 10.2 Å². The standard InChI is InChI=1S/C29H27FN6O/c1-3-5-15-34(4-2)28-24(17-31)26-27(36(28)22-11-8-10-21(30)16-22)29(37)35(19-33-26)18-25-23-12-7-6-9-20(23)13-14-32-25/h6-14,16,19H,3-5,15,18H2,1-2H3. The monoisotopic (exact) mass is 494 g/mol. The molecule has 0 unspecified atom stereocenters. The maximum atomic E-state index is 14.4. The van der Waals surface area contributed by atoms with Gasteiger partial charge in [-0.1, -0.05) is 43.7 Å². The SMILES string of the molecule is CCCCN(CC)c1c(C#N)c2ncn(Cc3nccc4ccccc34)c(=O)c2n1-c1cccc(F)c1. The average molecular weight is 495 g/mol. The smallest absolute Gasteiger partial charge is 0.278 e. The molecule has 5 rings (SSSR count). The Balaban J connectivity index is 1.78. The van der Waals surface area contributed by atoms with Crippen molar-refractivity contribution in [1.82, 2.24) is 19.1 Å². The fraction of sp³-hybridized carbons (Fsp3) is 0.241. The number of nitrogens with zero attached hydrogens (tertiary/aromatic N) is 6. The highest BCUT2D eigenvalue weighted by Gasteiger charge is 2.26. The van der Waals surface area contributed by atoms with Crippen molar-refractivity contribution in [3.8, 4) is 11.8 Å². The van der Waals surface area contributed by atoms with Gasteiger partial charge in [0.2, 0.25) is 0 Å². The number of nitriles is 1. The van der Waals surface area contributed by atoms with Crippen LogP contribution in [0.1, 0.15) is 37.9 Å². The fourth-order valence-corrected chi connectivity index (χ4v) is 4.80. The first kappa shape index (κ1) is 24.2. The maximum Gasteiger partial charge on any atom is 0.278 e. The molecule has 0 amide bonds. The Morgan fingerprint density at radius 1 is 1.08 bits per heavy atom. The Morgan fingerprint density at radius 2 is 1.92 bits per heavy atom. The van der Waals surface area contributed by atoms with Gasteiger partial charge in [-0.25, -0.2) is 9.37 Å². The van der Waals surface area contributed by atoms with Gasteiger partial charge in [-0.15, -0.1) is 0 Å². The van der Waals surface area contributed by atoms with E-state index in [-0.39, 0.29) is 17.6 Å². The number of unbranched alkanes of at least 4 members (excludes halogenated alkanes) is 1. The van der Waals surface area contributed by atoms with Gasteiger partial charge >= 0.3 is 0 Å². The summed E-state index contributed by atoms with van der Waals surface area (Å²) >= 11 is 0. The quantitative estimate of drug-likeness (QED) is 0.288. The molecule has 0 saturated carbocycles. The molecule has 3 heterocycles. The topological polar surface area (TPSA) is 79.7 Å². The zero-order valence-electron chi connectivity index (χ0n) is 20.9. The molecule has 0 radical (unpaired) electrons. The minimum Gasteiger partial charge on any atom is -0.357 e. The summed E-state index contributed by atoms with van der Waals surface area (Å²) in [4.78, 5) is 25.2. The number of benzene rings is 2. The third kappa shape index (κ3) is 4.33. The van der Waals surface area contributed by atoms with Gasteiger partial charge in [0.25, 0.3) is 5.56 Å². The van der Waals surface area contributed by atoms with E-state index in [2.05, 4.69) is 27.9 Å². The lowest BCUT2D eigenvalue weighted by Gasteiger charge is -2.25. The molecule has 7 nitrogen and oxygen atoms in total. The van der Waals surface area contributed by atoms with Crippen LogP contribution in [0.2, 0.25) is 0 Å². The van der Waals surface area contributed by atoms with E-state index >= 15 is 0 Å². The predicted molar refractivity (Wildman–Crippen MR) is 144 cm³/mol. The fourth-order valence-electron chi connectivity index (χ4n) is 4.80. The van der Waals surface area contributed by atoms with E-state index in [9.17, 15) is 14.4 Å². The van der Waals surface area contributed by atoms with Crippen LogP contribution in [-0.2, 0) is 6.54 Å². The lowest BCUT2D eigenvalue weighted by atomic mass is 10.1. The number of hydrogen-bond acceptors (Lipinski definition) is 5. The highest BCUT2D eigenvalue weighted by molar-refractivity contribution is 5.91. The van der Waals surface area contributed by atoms with Crippen molar-refractivity contribution < 1.29 is 4.39 Å².